The van der Waals surface area contributed by atoms with Crippen molar-refractivity contribution in [1.29, 1.82) is 0 Å². The Kier molecular flexibility index (Phi) is 5.47. The first-order valence-corrected chi connectivity index (χ1v) is 7.83. The van der Waals surface area contributed by atoms with Gasteiger partial charge in [0.15, 0.2) is 0 Å². The molecular weight excluding hydrogens is 284 g/mol. The highest BCUT2D eigenvalue weighted by Gasteiger charge is 2.17. The van der Waals surface area contributed by atoms with E-state index in [4.69, 9.17) is 0 Å². The molecule has 2 atom stereocenters. The molecule has 112 valence electrons. The zero-order valence-electron chi connectivity index (χ0n) is 12.2. The van der Waals surface area contributed by atoms with Crippen LogP contribution in [0.15, 0.2) is 35.7 Å². The Balaban J connectivity index is 2.03. The minimum atomic E-state index is -0.406. The second kappa shape index (κ2) is 7.33. The molecule has 0 saturated heterocycles. The number of rotatable bonds is 6. The molecule has 0 aliphatic carbocycles. The highest BCUT2D eigenvalue weighted by atomic mass is 32.1. The largest absolute Gasteiger partial charge is 0.393 e. The van der Waals surface area contributed by atoms with Crippen molar-refractivity contribution in [2.75, 3.05) is 6.54 Å². The molecule has 2 aromatic rings. The quantitative estimate of drug-likeness (QED) is 0.862. The molecule has 0 aliphatic heterocycles. The van der Waals surface area contributed by atoms with E-state index in [0.717, 1.165) is 11.3 Å². The lowest BCUT2D eigenvalue weighted by Gasteiger charge is -2.19. The summed E-state index contributed by atoms with van der Waals surface area (Å²) in [7, 11) is 0. The standard InChI is InChI=1S/C16H20N2O2S/c1-11(19)8-14(13-6-4-3-5-7-13)9-17-16(20)15-10-21-18-12(15)2/h3-7,10-11,14,19H,8-9H2,1-2H3,(H,17,20). The molecule has 4 nitrogen and oxygen atoms in total. The maximum Gasteiger partial charge on any atom is 0.254 e. The number of aromatic nitrogens is 1. The van der Waals surface area contributed by atoms with Crippen LogP contribution >= 0.6 is 11.5 Å². The fraction of sp³-hybridized carbons (Fsp3) is 0.375. The Morgan fingerprint density at radius 1 is 1.38 bits per heavy atom. The molecule has 1 amide bonds. The molecule has 0 fully saturated rings. The van der Waals surface area contributed by atoms with Crippen molar-refractivity contribution in [3.63, 3.8) is 0 Å². The minimum Gasteiger partial charge on any atom is -0.393 e. The highest BCUT2D eigenvalue weighted by Crippen LogP contribution is 2.21. The van der Waals surface area contributed by atoms with E-state index in [0.29, 0.717) is 18.5 Å². The van der Waals surface area contributed by atoms with Crippen LogP contribution in [0.1, 0.15) is 40.9 Å². The van der Waals surface area contributed by atoms with Crippen LogP contribution in [-0.4, -0.2) is 28.0 Å². The molecule has 1 heterocycles. The number of carbonyl (C=O) groups excluding carboxylic acids is 1. The van der Waals surface area contributed by atoms with E-state index in [-0.39, 0.29) is 11.8 Å². The van der Waals surface area contributed by atoms with Gasteiger partial charge in [0, 0.05) is 17.8 Å². The third kappa shape index (κ3) is 4.37. The van der Waals surface area contributed by atoms with E-state index in [1.165, 1.54) is 11.5 Å². The number of nitrogens with one attached hydrogen (secondary N) is 1. The molecule has 0 aliphatic rings. The van der Waals surface area contributed by atoms with Gasteiger partial charge in [-0.15, -0.1) is 0 Å². The third-order valence-electron chi connectivity index (χ3n) is 3.40. The monoisotopic (exact) mass is 304 g/mol. The predicted molar refractivity (Wildman–Crippen MR) is 84.7 cm³/mol. The van der Waals surface area contributed by atoms with Gasteiger partial charge in [-0.05, 0) is 37.4 Å². The van der Waals surface area contributed by atoms with Crippen LogP contribution in [0, 0.1) is 6.92 Å². The van der Waals surface area contributed by atoms with Crippen LogP contribution in [0.3, 0.4) is 0 Å². The van der Waals surface area contributed by atoms with Gasteiger partial charge in [0.2, 0.25) is 0 Å². The maximum absolute atomic E-state index is 12.1. The summed E-state index contributed by atoms with van der Waals surface area (Å²) in [4.78, 5) is 12.1. The minimum absolute atomic E-state index is 0.0991. The van der Waals surface area contributed by atoms with Gasteiger partial charge in [-0.3, -0.25) is 4.79 Å². The lowest BCUT2D eigenvalue weighted by atomic mass is 9.93. The van der Waals surface area contributed by atoms with Gasteiger partial charge in [-0.25, -0.2) is 0 Å². The number of aliphatic hydroxyl groups excluding tert-OH is 1. The lowest BCUT2D eigenvalue weighted by molar-refractivity contribution is 0.0945. The van der Waals surface area contributed by atoms with Crippen LogP contribution in [0.25, 0.3) is 0 Å². The van der Waals surface area contributed by atoms with Crippen molar-refractivity contribution in [3.05, 3.63) is 52.5 Å². The van der Waals surface area contributed by atoms with Crippen LogP contribution in [0.5, 0.6) is 0 Å². The Labute approximate surface area is 129 Å². The number of carbonyl (C=O) groups is 1. The fourth-order valence-electron chi connectivity index (χ4n) is 2.30. The van der Waals surface area contributed by atoms with E-state index in [1.807, 2.05) is 37.3 Å². The van der Waals surface area contributed by atoms with Crippen molar-refractivity contribution >= 4 is 17.4 Å². The molecule has 5 heteroatoms. The average molecular weight is 304 g/mol. The number of amides is 1. The summed E-state index contributed by atoms with van der Waals surface area (Å²) in [6.07, 6.45) is 0.210. The molecule has 0 spiro atoms. The fourth-order valence-corrected chi connectivity index (χ4v) is 2.99. The summed E-state index contributed by atoms with van der Waals surface area (Å²) in [5.41, 5.74) is 2.51. The first-order valence-electron chi connectivity index (χ1n) is 7.00. The first kappa shape index (κ1) is 15.7. The van der Waals surface area contributed by atoms with Crippen molar-refractivity contribution in [2.45, 2.75) is 32.3 Å². The SMILES string of the molecule is Cc1nscc1C(=O)NCC(CC(C)O)c1ccccc1. The number of nitrogens with zero attached hydrogens (tertiary/aromatic N) is 1. The molecule has 0 bridgehead atoms. The Bertz CT molecular complexity index is 581. The van der Waals surface area contributed by atoms with Gasteiger partial charge in [0.1, 0.15) is 0 Å². The van der Waals surface area contributed by atoms with Crippen molar-refractivity contribution < 1.29 is 9.90 Å². The van der Waals surface area contributed by atoms with Crippen LogP contribution in [-0.2, 0) is 0 Å². The Morgan fingerprint density at radius 2 is 2.10 bits per heavy atom. The molecule has 0 saturated carbocycles. The van der Waals surface area contributed by atoms with E-state index in [1.54, 1.807) is 12.3 Å². The topological polar surface area (TPSA) is 62.2 Å². The van der Waals surface area contributed by atoms with Gasteiger partial charge in [-0.2, -0.15) is 4.37 Å². The van der Waals surface area contributed by atoms with Gasteiger partial charge in [-0.1, -0.05) is 30.3 Å². The van der Waals surface area contributed by atoms with E-state index in [9.17, 15) is 9.90 Å². The summed E-state index contributed by atoms with van der Waals surface area (Å²) >= 11 is 1.28. The third-order valence-corrected chi connectivity index (χ3v) is 4.12. The summed E-state index contributed by atoms with van der Waals surface area (Å²) < 4.78 is 4.11. The van der Waals surface area contributed by atoms with E-state index >= 15 is 0 Å². The molecule has 21 heavy (non-hydrogen) atoms. The molecule has 0 radical (unpaired) electrons. The van der Waals surface area contributed by atoms with Crippen molar-refractivity contribution in [1.82, 2.24) is 9.69 Å². The van der Waals surface area contributed by atoms with E-state index in [2.05, 4.69) is 9.69 Å². The average Bonchev–Trinajstić information content (AvgIpc) is 2.90. The highest BCUT2D eigenvalue weighted by molar-refractivity contribution is 7.03. The van der Waals surface area contributed by atoms with E-state index < -0.39 is 6.10 Å². The maximum atomic E-state index is 12.1. The predicted octanol–water partition coefficient (Wildman–Crippen LogP) is 2.74. The second-order valence-electron chi connectivity index (χ2n) is 5.22. The number of hydrogen-bond acceptors (Lipinski definition) is 4. The normalized spacial score (nSPS) is 13.7. The second-order valence-corrected chi connectivity index (χ2v) is 5.85. The first-order chi connectivity index (χ1) is 10.1. The van der Waals surface area contributed by atoms with Gasteiger partial charge in [0.05, 0.1) is 17.4 Å². The van der Waals surface area contributed by atoms with Crippen molar-refractivity contribution in [3.8, 4) is 0 Å². The van der Waals surface area contributed by atoms with Gasteiger partial charge < -0.3 is 10.4 Å². The summed E-state index contributed by atoms with van der Waals surface area (Å²) in [6, 6.07) is 9.95. The molecule has 2 unspecified atom stereocenters. The number of benzene rings is 1. The van der Waals surface area contributed by atoms with Gasteiger partial charge >= 0.3 is 0 Å². The summed E-state index contributed by atoms with van der Waals surface area (Å²) in [6.45, 7) is 4.10. The number of hydrogen-bond donors (Lipinski definition) is 2. The lowest BCUT2D eigenvalue weighted by Crippen LogP contribution is -2.29. The van der Waals surface area contributed by atoms with Gasteiger partial charge in [0.25, 0.3) is 5.91 Å². The Hall–Kier alpha value is -1.72. The van der Waals surface area contributed by atoms with Crippen LogP contribution < -0.4 is 5.32 Å². The zero-order chi connectivity index (χ0) is 15.2. The molecule has 2 rings (SSSR count). The summed E-state index contributed by atoms with van der Waals surface area (Å²) in [5, 5.41) is 14.4. The zero-order valence-corrected chi connectivity index (χ0v) is 13.1. The summed E-state index contributed by atoms with van der Waals surface area (Å²) in [5.74, 6) is -0.00479. The van der Waals surface area contributed by atoms with Crippen LogP contribution in [0.4, 0.5) is 0 Å². The van der Waals surface area contributed by atoms with Crippen molar-refractivity contribution in [2.24, 2.45) is 0 Å². The van der Waals surface area contributed by atoms with Crippen LogP contribution in [0.2, 0.25) is 0 Å². The number of aryl methyl sites for hydroxylation is 1. The smallest absolute Gasteiger partial charge is 0.254 e. The molecular formula is C16H20N2O2S. The Morgan fingerprint density at radius 3 is 2.67 bits per heavy atom. The molecule has 1 aromatic heterocycles. The number of aliphatic hydroxyl groups is 1. The molecule has 2 N–H and O–H groups in total. The molecule has 1 aromatic carbocycles.